The van der Waals surface area contributed by atoms with Gasteiger partial charge in [0, 0.05) is 10.2 Å². The number of carbonyl (C=O) groups excluding carboxylic acids is 3. The number of anilines is 1. The van der Waals surface area contributed by atoms with Gasteiger partial charge in [0.05, 0.1) is 5.56 Å². The number of hydrazine groups is 1. The highest BCUT2D eigenvalue weighted by atomic mass is 79.9. The van der Waals surface area contributed by atoms with Crippen LogP contribution < -0.4 is 16.1 Å². The first-order valence-corrected chi connectivity index (χ1v) is 10.2. The van der Waals surface area contributed by atoms with Crippen LogP contribution in [0.2, 0.25) is 0 Å². The molecule has 0 bridgehead atoms. The Hall–Kier alpha value is -3.40. The van der Waals surface area contributed by atoms with Gasteiger partial charge in [-0.3, -0.25) is 4.79 Å². The van der Waals surface area contributed by atoms with Gasteiger partial charge in [-0.25, -0.2) is 19.8 Å². The highest BCUT2D eigenvalue weighted by molar-refractivity contribution is 9.10. The smallest absolute Gasteiger partial charge is 0.344 e. The summed E-state index contributed by atoms with van der Waals surface area (Å²) in [5, 5.41) is 15.0. The number of benzene rings is 2. The summed E-state index contributed by atoms with van der Waals surface area (Å²) in [5.74, 6) is -1.58. The maximum atomic E-state index is 12.8. The van der Waals surface area contributed by atoms with Gasteiger partial charge in [0.15, 0.2) is 0 Å². The fourth-order valence-electron chi connectivity index (χ4n) is 3.26. The number of rotatable bonds is 6. The van der Waals surface area contributed by atoms with E-state index < -0.39 is 29.5 Å². The lowest BCUT2D eigenvalue weighted by molar-refractivity contribution is -0.132. The minimum absolute atomic E-state index is 0.215. The van der Waals surface area contributed by atoms with Crippen LogP contribution in [-0.4, -0.2) is 39.6 Å². The number of amides is 5. The Bertz CT molecular complexity index is 1060. The summed E-state index contributed by atoms with van der Waals surface area (Å²) < 4.78 is 0.844. The van der Waals surface area contributed by atoms with Crippen LogP contribution >= 0.6 is 15.9 Å². The maximum absolute atomic E-state index is 12.8. The predicted molar refractivity (Wildman–Crippen MR) is 117 cm³/mol. The van der Waals surface area contributed by atoms with E-state index in [1.54, 1.807) is 50.2 Å². The van der Waals surface area contributed by atoms with Gasteiger partial charge in [0.25, 0.3) is 5.91 Å². The van der Waals surface area contributed by atoms with Crippen molar-refractivity contribution in [3.63, 3.8) is 0 Å². The van der Waals surface area contributed by atoms with E-state index in [0.29, 0.717) is 22.7 Å². The molecule has 2 aromatic rings. The first-order valence-electron chi connectivity index (χ1n) is 9.42. The number of hydrogen-bond donors (Lipinski definition) is 4. The molecule has 1 aliphatic rings. The third kappa shape index (κ3) is 5.02. The molecular formula is C21H21BrN4O5. The number of urea groups is 2. The van der Waals surface area contributed by atoms with Crippen LogP contribution in [0.3, 0.4) is 0 Å². The third-order valence-electron chi connectivity index (χ3n) is 5.01. The summed E-state index contributed by atoms with van der Waals surface area (Å²) >= 11 is 3.30. The first kappa shape index (κ1) is 22.3. The summed E-state index contributed by atoms with van der Waals surface area (Å²) in [6.07, 6.45) is 0.706. The van der Waals surface area contributed by atoms with Crippen molar-refractivity contribution in [1.82, 2.24) is 15.8 Å². The zero-order chi connectivity index (χ0) is 22.8. The summed E-state index contributed by atoms with van der Waals surface area (Å²) in [7, 11) is 0. The monoisotopic (exact) mass is 488 g/mol. The SMILES string of the molecule is Cc1cc(CCC2(C)NC(=O)N(NC(=O)Nc3ccc(Br)cc3)C2=O)ccc1C(=O)O. The molecule has 9 nitrogen and oxygen atoms in total. The number of nitrogens with zero attached hydrogens (tertiary/aromatic N) is 1. The number of carbonyl (C=O) groups is 4. The molecule has 1 atom stereocenters. The summed E-state index contributed by atoms with van der Waals surface area (Å²) in [4.78, 5) is 48.5. The van der Waals surface area contributed by atoms with Crippen LogP contribution in [0.5, 0.6) is 0 Å². The highest BCUT2D eigenvalue weighted by Gasteiger charge is 2.48. The molecule has 1 aliphatic heterocycles. The molecule has 0 aliphatic carbocycles. The van der Waals surface area contributed by atoms with Gasteiger partial charge in [0.1, 0.15) is 5.54 Å². The summed E-state index contributed by atoms with van der Waals surface area (Å²) in [6.45, 7) is 3.28. The van der Waals surface area contributed by atoms with Crippen molar-refractivity contribution in [2.24, 2.45) is 0 Å². The van der Waals surface area contributed by atoms with Crippen molar-refractivity contribution >= 4 is 45.6 Å². The molecule has 1 unspecified atom stereocenters. The number of halogens is 1. The number of aromatic carboxylic acids is 1. The Morgan fingerprint density at radius 2 is 1.84 bits per heavy atom. The molecule has 0 saturated carbocycles. The second-order valence-electron chi connectivity index (χ2n) is 7.43. The van der Waals surface area contributed by atoms with Crippen LogP contribution in [0.4, 0.5) is 15.3 Å². The van der Waals surface area contributed by atoms with Gasteiger partial charge in [-0.15, -0.1) is 0 Å². The van der Waals surface area contributed by atoms with E-state index in [0.717, 1.165) is 10.0 Å². The standard InChI is InChI=1S/C21H21BrN4O5/c1-12-11-13(3-8-16(12)17(27)28)9-10-21(2)18(29)26(20(31)24-21)25-19(30)23-15-6-4-14(22)5-7-15/h3-8,11H,9-10H2,1-2H3,(H,24,31)(H,27,28)(H2,23,25,30). The first-order chi connectivity index (χ1) is 14.6. The van der Waals surface area contributed by atoms with Crippen LogP contribution in [0.1, 0.15) is 34.8 Å². The Kier molecular flexibility index (Phi) is 6.30. The molecule has 1 fully saturated rings. The van der Waals surface area contributed by atoms with Crippen LogP contribution in [0.15, 0.2) is 46.9 Å². The Morgan fingerprint density at radius 3 is 2.45 bits per heavy atom. The average Bonchev–Trinajstić information content (AvgIpc) is 2.91. The van der Waals surface area contributed by atoms with Crippen molar-refractivity contribution in [3.8, 4) is 0 Å². The fourth-order valence-corrected chi connectivity index (χ4v) is 3.53. The van der Waals surface area contributed by atoms with E-state index in [4.69, 9.17) is 5.11 Å². The Morgan fingerprint density at radius 1 is 1.16 bits per heavy atom. The Labute approximate surface area is 186 Å². The normalized spacial score (nSPS) is 18.0. The molecule has 2 aromatic carbocycles. The van der Waals surface area contributed by atoms with Crippen molar-refractivity contribution in [3.05, 3.63) is 63.6 Å². The number of carboxylic acids is 1. The van der Waals surface area contributed by atoms with Gasteiger partial charge < -0.3 is 15.7 Å². The van der Waals surface area contributed by atoms with E-state index in [-0.39, 0.29) is 12.0 Å². The predicted octanol–water partition coefficient (Wildman–Crippen LogP) is 3.44. The Balaban J connectivity index is 1.62. The largest absolute Gasteiger partial charge is 0.478 e. The van der Waals surface area contributed by atoms with Crippen molar-refractivity contribution < 1.29 is 24.3 Å². The number of hydrogen-bond acceptors (Lipinski definition) is 4. The van der Waals surface area contributed by atoms with Gasteiger partial charge in [-0.2, -0.15) is 5.01 Å². The zero-order valence-corrected chi connectivity index (χ0v) is 18.4. The van der Waals surface area contributed by atoms with E-state index >= 15 is 0 Å². The molecule has 0 spiro atoms. The van der Waals surface area contributed by atoms with Crippen molar-refractivity contribution in [2.45, 2.75) is 32.2 Å². The quantitative estimate of drug-likeness (QED) is 0.463. The molecular weight excluding hydrogens is 468 g/mol. The number of nitrogens with one attached hydrogen (secondary N) is 3. The molecule has 4 N–H and O–H groups in total. The zero-order valence-electron chi connectivity index (χ0n) is 16.9. The minimum atomic E-state index is -1.21. The van der Waals surface area contributed by atoms with Crippen molar-refractivity contribution in [1.29, 1.82) is 0 Å². The lowest BCUT2D eigenvalue weighted by Gasteiger charge is -2.22. The molecule has 1 heterocycles. The van der Waals surface area contributed by atoms with Gasteiger partial charge in [0.2, 0.25) is 0 Å². The van der Waals surface area contributed by atoms with Crippen LogP contribution in [0, 0.1) is 6.92 Å². The number of aryl methyl sites for hydroxylation is 2. The molecule has 5 amide bonds. The van der Waals surface area contributed by atoms with E-state index in [9.17, 15) is 19.2 Å². The van der Waals surface area contributed by atoms with Gasteiger partial charge >= 0.3 is 18.0 Å². The topological polar surface area (TPSA) is 128 Å². The number of imide groups is 1. The lowest BCUT2D eigenvalue weighted by Crippen LogP contribution is -2.50. The second kappa shape index (κ2) is 8.76. The minimum Gasteiger partial charge on any atom is -0.478 e. The average molecular weight is 489 g/mol. The molecule has 162 valence electrons. The van der Waals surface area contributed by atoms with E-state index in [1.165, 1.54) is 6.07 Å². The third-order valence-corrected chi connectivity index (χ3v) is 5.54. The fraction of sp³-hybridized carbons (Fsp3) is 0.238. The highest BCUT2D eigenvalue weighted by Crippen LogP contribution is 2.23. The molecule has 10 heteroatoms. The van der Waals surface area contributed by atoms with Crippen LogP contribution in [-0.2, 0) is 11.2 Å². The summed E-state index contributed by atoms with van der Waals surface area (Å²) in [5.41, 5.74) is 3.23. The van der Waals surface area contributed by atoms with E-state index in [1.807, 2.05) is 0 Å². The molecule has 1 saturated heterocycles. The van der Waals surface area contributed by atoms with Crippen molar-refractivity contribution in [2.75, 3.05) is 5.32 Å². The van der Waals surface area contributed by atoms with Gasteiger partial charge in [-0.1, -0.05) is 28.1 Å². The molecule has 0 radical (unpaired) electrons. The number of carboxylic acid groups (broad SMARTS) is 1. The molecule has 0 aromatic heterocycles. The summed E-state index contributed by atoms with van der Waals surface area (Å²) in [6, 6.07) is 10.3. The lowest BCUT2D eigenvalue weighted by atomic mass is 9.92. The molecule has 31 heavy (non-hydrogen) atoms. The van der Waals surface area contributed by atoms with E-state index in [2.05, 4.69) is 32.0 Å². The maximum Gasteiger partial charge on any atom is 0.344 e. The van der Waals surface area contributed by atoms with Crippen LogP contribution in [0.25, 0.3) is 0 Å². The second-order valence-corrected chi connectivity index (χ2v) is 8.35. The van der Waals surface area contributed by atoms with Gasteiger partial charge in [-0.05, 0) is 68.1 Å². The molecule has 3 rings (SSSR count).